The number of ether oxygens (including phenoxy) is 1. The van der Waals surface area contributed by atoms with Crippen molar-refractivity contribution >= 4 is 0 Å². The zero-order valence-electron chi connectivity index (χ0n) is 8.53. The molecular weight excluding hydrogens is 178 g/mol. The van der Waals surface area contributed by atoms with E-state index in [4.69, 9.17) is 9.15 Å². The van der Waals surface area contributed by atoms with E-state index in [2.05, 4.69) is 5.32 Å². The van der Waals surface area contributed by atoms with Crippen molar-refractivity contribution in [2.75, 3.05) is 20.3 Å². The fourth-order valence-corrected chi connectivity index (χ4v) is 2.07. The van der Waals surface area contributed by atoms with Gasteiger partial charge in [0.05, 0.1) is 12.9 Å². The minimum atomic E-state index is 0.542. The van der Waals surface area contributed by atoms with E-state index >= 15 is 0 Å². The molecule has 0 amide bonds. The molecule has 1 aliphatic rings. The van der Waals surface area contributed by atoms with Crippen molar-refractivity contribution in [3.8, 4) is 0 Å². The van der Waals surface area contributed by atoms with E-state index < -0.39 is 0 Å². The normalized spacial score (nSPS) is 27.8. The van der Waals surface area contributed by atoms with Gasteiger partial charge < -0.3 is 14.5 Å². The number of nitrogens with one attached hydrogen (secondary N) is 1. The van der Waals surface area contributed by atoms with Crippen LogP contribution in [0.4, 0.5) is 0 Å². The molecule has 0 aromatic carbocycles. The van der Waals surface area contributed by atoms with E-state index in [1.165, 1.54) is 0 Å². The van der Waals surface area contributed by atoms with Gasteiger partial charge in [0.2, 0.25) is 0 Å². The molecule has 0 bridgehead atoms. The van der Waals surface area contributed by atoms with Crippen LogP contribution in [-0.2, 0) is 11.2 Å². The van der Waals surface area contributed by atoms with Crippen molar-refractivity contribution in [3.05, 3.63) is 24.2 Å². The summed E-state index contributed by atoms with van der Waals surface area (Å²) in [4.78, 5) is 0. The molecule has 14 heavy (non-hydrogen) atoms. The summed E-state index contributed by atoms with van der Waals surface area (Å²) in [5, 5.41) is 3.34. The van der Waals surface area contributed by atoms with Crippen LogP contribution < -0.4 is 5.32 Å². The van der Waals surface area contributed by atoms with Crippen molar-refractivity contribution < 1.29 is 9.15 Å². The molecule has 0 radical (unpaired) electrons. The van der Waals surface area contributed by atoms with Gasteiger partial charge in [-0.05, 0) is 25.6 Å². The zero-order chi connectivity index (χ0) is 9.80. The van der Waals surface area contributed by atoms with Crippen LogP contribution in [0.2, 0.25) is 0 Å². The Morgan fingerprint density at radius 2 is 2.50 bits per heavy atom. The smallest absolute Gasteiger partial charge is 0.104 e. The highest BCUT2D eigenvalue weighted by Gasteiger charge is 2.25. The maximum absolute atomic E-state index is 5.48. The van der Waals surface area contributed by atoms with Crippen LogP contribution in [0.3, 0.4) is 0 Å². The number of furan rings is 1. The Hall–Kier alpha value is -0.800. The predicted octanol–water partition coefficient (Wildman–Crippen LogP) is 1.45. The first-order valence-electron chi connectivity index (χ1n) is 5.17. The molecule has 3 nitrogen and oxygen atoms in total. The van der Waals surface area contributed by atoms with Gasteiger partial charge in [-0.1, -0.05) is 0 Å². The van der Waals surface area contributed by atoms with Gasteiger partial charge in [0, 0.05) is 25.0 Å². The van der Waals surface area contributed by atoms with Crippen LogP contribution in [0, 0.1) is 5.92 Å². The Labute approximate surface area is 84.4 Å². The number of hydrogen-bond acceptors (Lipinski definition) is 3. The van der Waals surface area contributed by atoms with Crippen molar-refractivity contribution in [1.82, 2.24) is 5.32 Å². The third-order valence-corrected chi connectivity index (χ3v) is 2.89. The Balaban J connectivity index is 1.94. The molecule has 78 valence electrons. The molecule has 2 rings (SSSR count). The summed E-state index contributed by atoms with van der Waals surface area (Å²) in [5.74, 6) is 1.60. The van der Waals surface area contributed by atoms with E-state index in [1.54, 1.807) is 6.26 Å². The van der Waals surface area contributed by atoms with Crippen LogP contribution in [0.15, 0.2) is 22.8 Å². The van der Waals surface area contributed by atoms with Gasteiger partial charge in [-0.2, -0.15) is 0 Å². The van der Waals surface area contributed by atoms with Crippen LogP contribution >= 0.6 is 0 Å². The van der Waals surface area contributed by atoms with Crippen LogP contribution in [0.25, 0.3) is 0 Å². The highest BCUT2D eigenvalue weighted by Crippen LogP contribution is 2.19. The monoisotopic (exact) mass is 195 g/mol. The fourth-order valence-electron chi connectivity index (χ4n) is 2.07. The Bertz CT molecular complexity index is 258. The van der Waals surface area contributed by atoms with Crippen LogP contribution in [-0.4, -0.2) is 26.3 Å². The maximum atomic E-state index is 5.48. The standard InChI is InChI=1S/C11H17NO2/c1-12-11-4-6-13-8-9(11)7-10-3-2-5-14-10/h2-3,5,9,11-12H,4,6-8H2,1H3. The Morgan fingerprint density at radius 1 is 1.57 bits per heavy atom. The summed E-state index contributed by atoms with van der Waals surface area (Å²) >= 11 is 0. The van der Waals surface area contributed by atoms with E-state index in [1.807, 2.05) is 19.2 Å². The van der Waals surface area contributed by atoms with Crippen molar-refractivity contribution in [1.29, 1.82) is 0 Å². The first kappa shape index (κ1) is 9.74. The summed E-state index contributed by atoms with van der Waals surface area (Å²) in [5.41, 5.74) is 0. The Morgan fingerprint density at radius 3 is 3.21 bits per heavy atom. The van der Waals surface area contributed by atoms with Crippen molar-refractivity contribution in [3.63, 3.8) is 0 Å². The lowest BCUT2D eigenvalue weighted by atomic mass is 9.92. The topological polar surface area (TPSA) is 34.4 Å². The highest BCUT2D eigenvalue weighted by atomic mass is 16.5. The van der Waals surface area contributed by atoms with Crippen LogP contribution in [0.1, 0.15) is 12.2 Å². The molecule has 3 heteroatoms. The van der Waals surface area contributed by atoms with Gasteiger partial charge in [0.25, 0.3) is 0 Å². The summed E-state index contributed by atoms with van der Waals surface area (Å²) < 4.78 is 10.8. The molecule has 1 saturated heterocycles. The zero-order valence-corrected chi connectivity index (χ0v) is 8.53. The molecule has 2 atom stereocenters. The Kier molecular flexibility index (Phi) is 3.22. The van der Waals surface area contributed by atoms with Gasteiger partial charge in [-0.3, -0.25) is 0 Å². The predicted molar refractivity (Wildman–Crippen MR) is 54.2 cm³/mol. The summed E-state index contributed by atoms with van der Waals surface area (Å²) in [7, 11) is 2.02. The molecule has 0 aliphatic carbocycles. The summed E-state index contributed by atoms with van der Waals surface area (Å²) in [6.45, 7) is 1.71. The van der Waals surface area contributed by atoms with E-state index in [9.17, 15) is 0 Å². The molecule has 2 heterocycles. The fraction of sp³-hybridized carbons (Fsp3) is 0.636. The first-order chi connectivity index (χ1) is 6.90. The quantitative estimate of drug-likeness (QED) is 0.792. The van der Waals surface area contributed by atoms with E-state index in [-0.39, 0.29) is 0 Å². The lowest BCUT2D eigenvalue weighted by Crippen LogP contribution is -2.41. The molecule has 2 unspecified atom stereocenters. The molecule has 1 aromatic rings. The lowest BCUT2D eigenvalue weighted by molar-refractivity contribution is 0.0323. The second-order valence-corrected chi connectivity index (χ2v) is 3.80. The lowest BCUT2D eigenvalue weighted by Gasteiger charge is -2.30. The second-order valence-electron chi connectivity index (χ2n) is 3.80. The van der Waals surface area contributed by atoms with E-state index in [0.29, 0.717) is 12.0 Å². The van der Waals surface area contributed by atoms with Crippen molar-refractivity contribution in [2.24, 2.45) is 5.92 Å². The van der Waals surface area contributed by atoms with Gasteiger partial charge in [-0.25, -0.2) is 0 Å². The highest BCUT2D eigenvalue weighted by molar-refractivity contribution is 5.01. The van der Waals surface area contributed by atoms with Gasteiger partial charge in [0.1, 0.15) is 5.76 Å². The SMILES string of the molecule is CNC1CCOCC1Cc1ccco1. The second kappa shape index (κ2) is 4.62. The average molecular weight is 195 g/mol. The molecular formula is C11H17NO2. The van der Waals surface area contributed by atoms with Crippen molar-refractivity contribution in [2.45, 2.75) is 18.9 Å². The molecule has 0 spiro atoms. The van der Waals surface area contributed by atoms with E-state index in [0.717, 1.165) is 31.8 Å². The number of rotatable bonds is 3. The first-order valence-corrected chi connectivity index (χ1v) is 5.17. The van der Waals surface area contributed by atoms with Gasteiger partial charge in [0.15, 0.2) is 0 Å². The molecule has 1 fully saturated rings. The third-order valence-electron chi connectivity index (χ3n) is 2.89. The molecule has 1 N–H and O–H groups in total. The third kappa shape index (κ3) is 2.16. The summed E-state index contributed by atoms with van der Waals surface area (Å²) in [6.07, 6.45) is 3.80. The number of hydrogen-bond donors (Lipinski definition) is 1. The van der Waals surface area contributed by atoms with Gasteiger partial charge in [-0.15, -0.1) is 0 Å². The largest absolute Gasteiger partial charge is 0.469 e. The molecule has 1 aromatic heterocycles. The minimum Gasteiger partial charge on any atom is -0.469 e. The summed E-state index contributed by atoms with van der Waals surface area (Å²) in [6, 6.07) is 4.53. The van der Waals surface area contributed by atoms with Gasteiger partial charge >= 0.3 is 0 Å². The minimum absolute atomic E-state index is 0.542. The molecule has 1 aliphatic heterocycles. The average Bonchev–Trinajstić information content (AvgIpc) is 2.71. The maximum Gasteiger partial charge on any atom is 0.104 e. The van der Waals surface area contributed by atoms with Crippen LogP contribution in [0.5, 0.6) is 0 Å². The molecule has 0 saturated carbocycles.